The molecular formula is C15H14ClN3O2. The Morgan fingerprint density at radius 1 is 1.43 bits per heavy atom. The Hall–Kier alpha value is -2.14. The average Bonchev–Trinajstić information content (AvgIpc) is 3.04. The van der Waals surface area contributed by atoms with E-state index in [0.29, 0.717) is 28.8 Å². The van der Waals surface area contributed by atoms with Crippen molar-refractivity contribution in [1.29, 1.82) is 0 Å². The molecule has 2 heterocycles. The van der Waals surface area contributed by atoms with Gasteiger partial charge in [-0.2, -0.15) is 4.98 Å². The number of rotatable bonds is 4. The van der Waals surface area contributed by atoms with Crippen LogP contribution in [0.3, 0.4) is 0 Å². The highest BCUT2D eigenvalue weighted by Crippen LogP contribution is 2.24. The summed E-state index contributed by atoms with van der Waals surface area (Å²) in [6.07, 6.45) is 2.61. The van der Waals surface area contributed by atoms with Gasteiger partial charge in [-0.25, -0.2) is 0 Å². The molecule has 108 valence electrons. The molecule has 0 aliphatic rings. The maximum absolute atomic E-state index is 11.2. The van der Waals surface area contributed by atoms with Gasteiger partial charge in [0.15, 0.2) is 12.1 Å². The van der Waals surface area contributed by atoms with Crippen LogP contribution >= 0.6 is 11.6 Å². The molecule has 0 N–H and O–H groups in total. The maximum Gasteiger partial charge on any atom is 0.229 e. The van der Waals surface area contributed by atoms with Gasteiger partial charge in [0, 0.05) is 28.1 Å². The van der Waals surface area contributed by atoms with Crippen LogP contribution < -0.4 is 0 Å². The first-order chi connectivity index (χ1) is 10.1. The lowest BCUT2D eigenvalue weighted by atomic mass is 10.2. The summed E-state index contributed by atoms with van der Waals surface area (Å²) in [6.45, 7) is 4.42. The molecule has 5 nitrogen and oxygen atoms in total. The summed E-state index contributed by atoms with van der Waals surface area (Å²) in [6, 6.07) is 5.44. The van der Waals surface area contributed by atoms with Crippen LogP contribution in [0.25, 0.3) is 10.9 Å². The second-order valence-electron chi connectivity index (χ2n) is 5.20. The van der Waals surface area contributed by atoms with Crippen LogP contribution in [0, 0.1) is 0 Å². The van der Waals surface area contributed by atoms with Crippen molar-refractivity contribution in [1.82, 2.24) is 14.7 Å². The first-order valence-corrected chi connectivity index (χ1v) is 7.02. The number of nitrogens with zero attached hydrogens (tertiary/aromatic N) is 3. The summed E-state index contributed by atoms with van der Waals surface area (Å²) in [4.78, 5) is 15.5. The van der Waals surface area contributed by atoms with E-state index in [4.69, 9.17) is 16.1 Å². The Labute approximate surface area is 126 Å². The Balaban J connectivity index is 2.03. The molecule has 21 heavy (non-hydrogen) atoms. The summed E-state index contributed by atoms with van der Waals surface area (Å²) < 4.78 is 7.10. The third-order valence-corrected chi connectivity index (χ3v) is 3.53. The van der Waals surface area contributed by atoms with Gasteiger partial charge in [-0.15, -0.1) is 0 Å². The highest BCUT2D eigenvalue weighted by atomic mass is 35.5. The van der Waals surface area contributed by atoms with Gasteiger partial charge in [-0.3, -0.25) is 4.79 Å². The highest BCUT2D eigenvalue weighted by Gasteiger charge is 2.13. The molecule has 0 fully saturated rings. The number of hydrogen-bond acceptors (Lipinski definition) is 4. The minimum atomic E-state index is 0.188. The van der Waals surface area contributed by atoms with E-state index in [-0.39, 0.29) is 5.92 Å². The number of halogens is 1. The van der Waals surface area contributed by atoms with Gasteiger partial charge in [0.1, 0.15) is 0 Å². The monoisotopic (exact) mass is 303 g/mol. The molecule has 3 aromatic rings. The molecule has 0 unspecified atom stereocenters. The van der Waals surface area contributed by atoms with Crippen molar-refractivity contribution >= 4 is 28.8 Å². The molecule has 0 saturated carbocycles. The zero-order valence-corrected chi connectivity index (χ0v) is 12.5. The third kappa shape index (κ3) is 2.56. The van der Waals surface area contributed by atoms with Crippen LogP contribution in [-0.4, -0.2) is 21.0 Å². The van der Waals surface area contributed by atoms with Crippen molar-refractivity contribution in [2.45, 2.75) is 26.3 Å². The summed E-state index contributed by atoms with van der Waals surface area (Å²) in [7, 11) is 0. The zero-order chi connectivity index (χ0) is 15.0. The van der Waals surface area contributed by atoms with Crippen molar-refractivity contribution < 1.29 is 9.32 Å². The first kappa shape index (κ1) is 13.8. The fourth-order valence-electron chi connectivity index (χ4n) is 2.24. The van der Waals surface area contributed by atoms with Crippen molar-refractivity contribution in [2.24, 2.45) is 0 Å². The fourth-order valence-corrected chi connectivity index (χ4v) is 2.40. The Kier molecular flexibility index (Phi) is 3.51. The van der Waals surface area contributed by atoms with E-state index in [1.807, 2.05) is 30.5 Å². The van der Waals surface area contributed by atoms with E-state index in [2.05, 4.69) is 10.1 Å². The van der Waals surface area contributed by atoms with E-state index >= 15 is 0 Å². The number of carbonyl (C=O) groups excluding carboxylic acids is 1. The number of carbonyl (C=O) groups is 1. The molecule has 3 rings (SSSR count). The predicted octanol–water partition coefficient (Wildman–Crippen LogP) is 3.66. The number of fused-ring (bicyclic) bond motifs is 1. The molecule has 0 amide bonds. The SMILES string of the molecule is CC(C)c1nc(Cn2cc(C=O)c3ccc(Cl)cc32)no1. The van der Waals surface area contributed by atoms with Gasteiger partial charge in [0.05, 0.1) is 12.1 Å². The minimum Gasteiger partial charge on any atom is -0.339 e. The summed E-state index contributed by atoms with van der Waals surface area (Å²) in [5, 5.41) is 5.45. The van der Waals surface area contributed by atoms with Crippen LogP contribution in [0.5, 0.6) is 0 Å². The van der Waals surface area contributed by atoms with E-state index in [1.165, 1.54) is 0 Å². The normalized spacial score (nSPS) is 11.4. The average molecular weight is 304 g/mol. The lowest BCUT2D eigenvalue weighted by molar-refractivity contribution is 0.112. The van der Waals surface area contributed by atoms with E-state index in [1.54, 1.807) is 12.3 Å². The number of hydrogen-bond donors (Lipinski definition) is 0. The lowest BCUT2D eigenvalue weighted by Gasteiger charge is -2.01. The molecule has 2 aromatic heterocycles. The van der Waals surface area contributed by atoms with Crippen molar-refractivity contribution in [2.75, 3.05) is 0 Å². The molecule has 0 bridgehead atoms. The van der Waals surface area contributed by atoms with Gasteiger partial charge >= 0.3 is 0 Å². The highest BCUT2D eigenvalue weighted by molar-refractivity contribution is 6.31. The van der Waals surface area contributed by atoms with Crippen molar-refractivity contribution in [3.63, 3.8) is 0 Å². The molecule has 6 heteroatoms. The molecule has 0 radical (unpaired) electrons. The van der Waals surface area contributed by atoms with Crippen molar-refractivity contribution in [3.8, 4) is 0 Å². The predicted molar refractivity (Wildman–Crippen MR) is 79.8 cm³/mol. The number of aldehydes is 1. The second kappa shape index (κ2) is 5.33. The third-order valence-electron chi connectivity index (χ3n) is 3.29. The quantitative estimate of drug-likeness (QED) is 0.690. The molecular weight excluding hydrogens is 290 g/mol. The fraction of sp³-hybridized carbons (Fsp3) is 0.267. The molecule has 0 saturated heterocycles. The summed E-state index contributed by atoms with van der Waals surface area (Å²) >= 11 is 6.04. The number of benzene rings is 1. The lowest BCUT2D eigenvalue weighted by Crippen LogP contribution is -2.00. The van der Waals surface area contributed by atoms with E-state index in [0.717, 1.165) is 17.2 Å². The summed E-state index contributed by atoms with van der Waals surface area (Å²) in [5.41, 5.74) is 1.50. The van der Waals surface area contributed by atoms with Crippen LogP contribution in [0.15, 0.2) is 28.9 Å². The van der Waals surface area contributed by atoms with Crippen molar-refractivity contribution in [3.05, 3.63) is 46.7 Å². The van der Waals surface area contributed by atoms with Gasteiger partial charge in [-0.1, -0.05) is 36.7 Å². The molecule has 0 atom stereocenters. The Morgan fingerprint density at radius 2 is 2.24 bits per heavy atom. The van der Waals surface area contributed by atoms with Gasteiger partial charge < -0.3 is 9.09 Å². The smallest absolute Gasteiger partial charge is 0.229 e. The number of aromatic nitrogens is 3. The van der Waals surface area contributed by atoms with Crippen LogP contribution in [0.2, 0.25) is 5.02 Å². The molecule has 0 spiro atoms. The topological polar surface area (TPSA) is 60.9 Å². The second-order valence-corrected chi connectivity index (χ2v) is 5.63. The van der Waals surface area contributed by atoms with E-state index < -0.39 is 0 Å². The summed E-state index contributed by atoms with van der Waals surface area (Å²) in [5.74, 6) is 1.37. The van der Waals surface area contributed by atoms with Gasteiger partial charge in [0.25, 0.3) is 0 Å². The zero-order valence-electron chi connectivity index (χ0n) is 11.7. The molecule has 0 aliphatic heterocycles. The largest absolute Gasteiger partial charge is 0.339 e. The minimum absolute atomic E-state index is 0.188. The van der Waals surface area contributed by atoms with Crippen LogP contribution in [0.4, 0.5) is 0 Å². The first-order valence-electron chi connectivity index (χ1n) is 6.64. The molecule has 0 aliphatic carbocycles. The maximum atomic E-state index is 11.2. The van der Waals surface area contributed by atoms with Gasteiger partial charge in [0.2, 0.25) is 5.89 Å². The van der Waals surface area contributed by atoms with Crippen LogP contribution in [-0.2, 0) is 6.54 Å². The van der Waals surface area contributed by atoms with E-state index in [9.17, 15) is 4.79 Å². The Bertz CT molecular complexity index is 804. The van der Waals surface area contributed by atoms with Crippen LogP contribution in [0.1, 0.15) is 41.8 Å². The Morgan fingerprint density at radius 3 is 2.90 bits per heavy atom. The van der Waals surface area contributed by atoms with Gasteiger partial charge in [-0.05, 0) is 12.1 Å². The standard InChI is InChI=1S/C15H14ClN3O2/c1-9(2)15-17-14(18-21-15)7-19-6-10(8-20)12-4-3-11(16)5-13(12)19/h3-6,8-9H,7H2,1-2H3. The molecule has 1 aromatic carbocycles.